The van der Waals surface area contributed by atoms with Gasteiger partial charge in [-0.1, -0.05) is 0 Å². The topological polar surface area (TPSA) is 92.8 Å². The van der Waals surface area contributed by atoms with Gasteiger partial charge in [0.1, 0.15) is 5.82 Å². The van der Waals surface area contributed by atoms with Crippen LogP contribution in [-0.4, -0.2) is 59.7 Å². The first-order valence-corrected chi connectivity index (χ1v) is 10.6. The zero-order valence-corrected chi connectivity index (χ0v) is 15.2. The Morgan fingerprint density at radius 2 is 1.88 bits per heavy atom. The lowest BCUT2D eigenvalue weighted by Crippen LogP contribution is -2.51. The fourth-order valence-electron chi connectivity index (χ4n) is 2.82. The van der Waals surface area contributed by atoms with Crippen LogP contribution in [0, 0.1) is 5.82 Å². The highest BCUT2D eigenvalue weighted by Gasteiger charge is 2.44. The van der Waals surface area contributed by atoms with E-state index in [1.54, 1.807) is 0 Å². The smallest absolute Gasteiger partial charge is 0.243 e. The first-order valence-electron chi connectivity index (χ1n) is 7.32. The molecule has 1 aromatic carbocycles. The lowest BCUT2D eigenvalue weighted by molar-refractivity contribution is 0.165. The van der Waals surface area contributed by atoms with E-state index >= 15 is 0 Å². The molecule has 2 rings (SSSR count). The summed E-state index contributed by atoms with van der Waals surface area (Å²) in [6.45, 7) is 0.474. The molecule has 1 heterocycles. The van der Waals surface area contributed by atoms with Crippen LogP contribution >= 0.6 is 0 Å². The molecule has 7 nitrogen and oxygen atoms in total. The molecule has 10 heteroatoms. The summed E-state index contributed by atoms with van der Waals surface area (Å²) < 4.78 is 70.4. The first-order chi connectivity index (χ1) is 11.1. The van der Waals surface area contributed by atoms with Crippen molar-refractivity contribution in [2.24, 2.45) is 0 Å². The average Bonchev–Trinajstić information content (AvgIpc) is 2.89. The molecule has 24 heavy (non-hydrogen) atoms. The molecular formula is C14H21FN2O5S2. The Morgan fingerprint density at radius 3 is 2.42 bits per heavy atom. The van der Waals surface area contributed by atoms with Gasteiger partial charge in [0.15, 0.2) is 0 Å². The van der Waals surface area contributed by atoms with E-state index in [-0.39, 0.29) is 18.0 Å². The maximum absolute atomic E-state index is 13.0. The van der Waals surface area contributed by atoms with Crippen LogP contribution in [0.5, 0.6) is 0 Å². The Kier molecular flexibility index (Phi) is 5.65. The van der Waals surface area contributed by atoms with E-state index in [4.69, 9.17) is 4.74 Å². The number of nitrogens with zero attached hydrogens (tertiary/aromatic N) is 1. The fraction of sp³-hybridized carbons (Fsp3) is 0.571. The van der Waals surface area contributed by atoms with Crippen molar-refractivity contribution >= 4 is 20.0 Å². The largest absolute Gasteiger partial charge is 0.385 e. The molecule has 0 aliphatic carbocycles. The Morgan fingerprint density at radius 1 is 1.25 bits per heavy atom. The highest BCUT2D eigenvalue weighted by molar-refractivity contribution is 7.89. The molecule has 0 aromatic heterocycles. The maximum atomic E-state index is 13.0. The molecule has 1 atom stereocenters. The van der Waals surface area contributed by atoms with Crippen molar-refractivity contribution in [3.63, 3.8) is 0 Å². The van der Waals surface area contributed by atoms with E-state index in [1.165, 1.54) is 23.5 Å². The van der Waals surface area contributed by atoms with Crippen LogP contribution < -0.4 is 4.72 Å². The van der Waals surface area contributed by atoms with Crippen LogP contribution in [0.2, 0.25) is 0 Å². The fourth-order valence-corrected chi connectivity index (χ4v) is 5.41. The van der Waals surface area contributed by atoms with Crippen LogP contribution in [-0.2, 0) is 24.8 Å². The number of benzene rings is 1. The number of rotatable bonds is 7. The summed E-state index contributed by atoms with van der Waals surface area (Å²) in [6, 6.07) is 4.55. The van der Waals surface area contributed by atoms with Gasteiger partial charge in [0, 0.05) is 32.3 Å². The lowest BCUT2D eigenvalue weighted by atomic mass is 9.96. The summed E-state index contributed by atoms with van der Waals surface area (Å²) in [5, 5.41) is 0. The molecule has 1 fully saturated rings. The minimum atomic E-state index is -3.82. The maximum Gasteiger partial charge on any atom is 0.243 e. The van der Waals surface area contributed by atoms with Crippen LogP contribution in [0.4, 0.5) is 4.39 Å². The molecule has 1 aliphatic heterocycles. The number of hydrogen-bond donors (Lipinski definition) is 1. The van der Waals surface area contributed by atoms with Crippen molar-refractivity contribution in [3.05, 3.63) is 30.1 Å². The molecule has 0 radical (unpaired) electrons. The van der Waals surface area contributed by atoms with Gasteiger partial charge in [-0.3, -0.25) is 0 Å². The molecule has 136 valence electrons. The molecule has 1 unspecified atom stereocenters. The second kappa shape index (κ2) is 7.04. The van der Waals surface area contributed by atoms with E-state index in [9.17, 15) is 21.2 Å². The third-order valence-corrected chi connectivity index (χ3v) is 6.62. The van der Waals surface area contributed by atoms with E-state index in [0.29, 0.717) is 19.4 Å². The van der Waals surface area contributed by atoms with Crippen molar-refractivity contribution in [1.29, 1.82) is 0 Å². The van der Waals surface area contributed by atoms with Crippen LogP contribution in [0.1, 0.15) is 12.8 Å². The van der Waals surface area contributed by atoms with Gasteiger partial charge >= 0.3 is 0 Å². The van der Waals surface area contributed by atoms with Crippen molar-refractivity contribution in [1.82, 2.24) is 9.03 Å². The Balaban J connectivity index is 2.26. The zero-order valence-electron chi connectivity index (χ0n) is 13.5. The SMILES string of the molecule is COCCC1(NS(C)(=O)=O)CCN(S(=O)(=O)c2ccc(F)cc2)C1. The Hall–Kier alpha value is -1.07. The normalized spacial score (nSPS) is 22.8. The van der Waals surface area contributed by atoms with Crippen LogP contribution in [0.3, 0.4) is 0 Å². The number of halogens is 1. The van der Waals surface area contributed by atoms with Crippen LogP contribution in [0.25, 0.3) is 0 Å². The number of sulfonamides is 2. The second-order valence-electron chi connectivity index (χ2n) is 5.94. The number of hydrogen-bond acceptors (Lipinski definition) is 5. The molecule has 0 saturated carbocycles. The van der Waals surface area contributed by atoms with Gasteiger partial charge in [0.05, 0.1) is 11.2 Å². The Labute approximate surface area is 141 Å². The molecule has 0 bridgehead atoms. The van der Waals surface area contributed by atoms with Gasteiger partial charge in [0.25, 0.3) is 0 Å². The second-order valence-corrected chi connectivity index (χ2v) is 9.63. The van der Waals surface area contributed by atoms with Gasteiger partial charge in [-0.2, -0.15) is 4.31 Å². The summed E-state index contributed by atoms with van der Waals surface area (Å²) in [7, 11) is -5.83. The van der Waals surface area contributed by atoms with E-state index in [0.717, 1.165) is 18.4 Å². The zero-order chi connectivity index (χ0) is 18.0. The summed E-state index contributed by atoms with van der Waals surface area (Å²) in [4.78, 5) is -0.0224. The molecule has 0 amide bonds. The predicted molar refractivity (Wildman–Crippen MR) is 87.0 cm³/mol. The molecule has 1 aliphatic rings. The van der Waals surface area contributed by atoms with Crippen molar-refractivity contribution in [2.45, 2.75) is 23.3 Å². The highest BCUT2D eigenvalue weighted by Crippen LogP contribution is 2.30. The monoisotopic (exact) mass is 380 g/mol. The summed E-state index contributed by atoms with van der Waals surface area (Å²) in [5.41, 5.74) is -0.906. The number of methoxy groups -OCH3 is 1. The van der Waals surface area contributed by atoms with Crippen molar-refractivity contribution in [2.75, 3.05) is 33.1 Å². The van der Waals surface area contributed by atoms with Gasteiger partial charge < -0.3 is 4.74 Å². The first kappa shape index (κ1) is 19.3. The summed E-state index contributed by atoms with van der Waals surface area (Å²) >= 11 is 0. The van der Waals surface area contributed by atoms with Crippen LogP contribution in [0.15, 0.2) is 29.2 Å². The van der Waals surface area contributed by atoms with Gasteiger partial charge in [-0.05, 0) is 37.1 Å². The molecular weight excluding hydrogens is 359 g/mol. The summed E-state index contributed by atoms with van der Waals surface area (Å²) in [5.74, 6) is -0.524. The molecule has 1 saturated heterocycles. The quantitative estimate of drug-likeness (QED) is 0.746. The third-order valence-electron chi connectivity index (χ3n) is 3.96. The van der Waals surface area contributed by atoms with Crippen molar-refractivity contribution < 1.29 is 26.0 Å². The van der Waals surface area contributed by atoms with Gasteiger partial charge in [0.2, 0.25) is 20.0 Å². The Bertz CT molecular complexity index is 780. The number of nitrogens with one attached hydrogen (secondary N) is 1. The third kappa shape index (κ3) is 4.51. The average molecular weight is 380 g/mol. The van der Waals surface area contributed by atoms with Gasteiger partial charge in [-0.25, -0.2) is 25.9 Å². The summed E-state index contributed by atoms with van der Waals surface area (Å²) in [6.07, 6.45) is 1.73. The highest BCUT2D eigenvalue weighted by atomic mass is 32.2. The molecule has 1 N–H and O–H groups in total. The number of ether oxygens (including phenoxy) is 1. The van der Waals surface area contributed by atoms with Crippen molar-refractivity contribution in [3.8, 4) is 0 Å². The standard InChI is InChI=1S/C14H21FN2O5S2/c1-22-10-8-14(16-23(2,18)19)7-9-17(11-14)24(20,21)13-5-3-12(15)4-6-13/h3-6,16H,7-11H2,1-2H3. The van der Waals surface area contributed by atoms with Gasteiger partial charge in [-0.15, -0.1) is 0 Å². The molecule has 0 spiro atoms. The minimum absolute atomic E-state index is 0.00311. The van der Waals surface area contributed by atoms with E-state index in [2.05, 4.69) is 4.72 Å². The van der Waals surface area contributed by atoms with E-state index < -0.39 is 31.4 Å². The molecule has 1 aromatic rings. The predicted octanol–water partition coefficient (Wildman–Crippen LogP) is 0.545. The van der Waals surface area contributed by atoms with E-state index in [1.807, 2.05) is 0 Å². The lowest BCUT2D eigenvalue weighted by Gasteiger charge is -2.29. The minimum Gasteiger partial charge on any atom is -0.385 e.